The summed E-state index contributed by atoms with van der Waals surface area (Å²) in [5, 5.41) is 3.10. The number of ether oxygens (including phenoxy) is 1. The number of para-hydroxylation sites is 1. The number of rotatable bonds is 7. The third-order valence-corrected chi connectivity index (χ3v) is 4.70. The predicted molar refractivity (Wildman–Crippen MR) is 85.8 cm³/mol. The van der Waals surface area contributed by atoms with Crippen LogP contribution in [0.25, 0.3) is 0 Å². The lowest BCUT2D eigenvalue weighted by atomic mass is 10.3. The molecule has 2 aromatic carbocycles. The molecule has 0 bridgehead atoms. The van der Waals surface area contributed by atoms with Crippen molar-refractivity contribution in [1.82, 2.24) is 0 Å². The number of sulfone groups is 1. The first-order valence-corrected chi connectivity index (χ1v) is 8.68. The van der Waals surface area contributed by atoms with Crippen molar-refractivity contribution in [3.63, 3.8) is 0 Å². The van der Waals surface area contributed by atoms with Crippen molar-refractivity contribution in [2.24, 2.45) is 0 Å². The normalized spacial score (nSPS) is 11.1. The molecule has 0 saturated heterocycles. The van der Waals surface area contributed by atoms with Crippen molar-refractivity contribution < 1.29 is 13.2 Å². The van der Waals surface area contributed by atoms with Gasteiger partial charge in [-0.25, -0.2) is 8.42 Å². The standard InChI is InChI=1S/C16H19NO3S/c1-2-21(18,19)12-11-17-14-7-6-10-16(13-14)20-15-8-4-3-5-9-15/h3-10,13,17H,2,11-12H2,1H3. The molecule has 0 saturated carbocycles. The Hall–Kier alpha value is -2.01. The maximum Gasteiger partial charge on any atom is 0.151 e. The van der Waals surface area contributed by atoms with E-state index in [0.717, 1.165) is 11.4 Å². The van der Waals surface area contributed by atoms with Crippen LogP contribution in [0.5, 0.6) is 11.5 Å². The zero-order valence-electron chi connectivity index (χ0n) is 12.0. The van der Waals surface area contributed by atoms with Gasteiger partial charge in [0, 0.05) is 24.1 Å². The van der Waals surface area contributed by atoms with E-state index in [1.165, 1.54) is 0 Å². The quantitative estimate of drug-likeness (QED) is 0.852. The Kier molecular flexibility index (Phi) is 5.22. The molecule has 0 aliphatic heterocycles. The molecule has 0 radical (unpaired) electrons. The minimum absolute atomic E-state index is 0.132. The van der Waals surface area contributed by atoms with Crippen molar-refractivity contribution in [3.05, 3.63) is 54.6 Å². The monoisotopic (exact) mass is 305 g/mol. The van der Waals surface area contributed by atoms with E-state index in [2.05, 4.69) is 5.32 Å². The highest BCUT2D eigenvalue weighted by Crippen LogP contribution is 2.23. The van der Waals surface area contributed by atoms with Gasteiger partial charge in [-0.3, -0.25) is 0 Å². The van der Waals surface area contributed by atoms with E-state index in [0.29, 0.717) is 12.3 Å². The smallest absolute Gasteiger partial charge is 0.151 e. The topological polar surface area (TPSA) is 55.4 Å². The van der Waals surface area contributed by atoms with Crippen molar-refractivity contribution in [2.75, 3.05) is 23.4 Å². The van der Waals surface area contributed by atoms with E-state index >= 15 is 0 Å². The van der Waals surface area contributed by atoms with Crippen LogP contribution < -0.4 is 10.1 Å². The lowest BCUT2D eigenvalue weighted by Gasteiger charge is -2.09. The average Bonchev–Trinajstić information content (AvgIpc) is 2.48. The van der Waals surface area contributed by atoms with Crippen LogP contribution in [-0.4, -0.2) is 26.5 Å². The molecule has 2 rings (SSSR count). The molecular weight excluding hydrogens is 286 g/mol. The minimum atomic E-state index is -2.94. The summed E-state index contributed by atoms with van der Waals surface area (Å²) in [6, 6.07) is 17.0. The summed E-state index contributed by atoms with van der Waals surface area (Å²) < 4.78 is 28.6. The zero-order chi connectivity index (χ0) is 15.1. The van der Waals surface area contributed by atoms with Crippen molar-refractivity contribution in [2.45, 2.75) is 6.92 Å². The number of anilines is 1. The van der Waals surface area contributed by atoms with Gasteiger partial charge in [-0.15, -0.1) is 0 Å². The largest absolute Gasteiger partial charge is 0.457 e. The Balaban J connectivity index is 1.95. The van der Waals surface area contributed by atoms with Crippen LogP contribution in [0.4, 0.5) is 5.69 Å². The number of benzene rings is 2. The molecule has 21 heavy (non-hydrogen) atoms. The molecule has 0 aromatic heterocycles. The SMILES string of the molecule is CCS(=O)(=O)CCNc1cccc(Oc2ccccc2)c1. The van der Waals surface area contributed by atoms with Gasteiger partial charge in [-0.2, -0.15) is 0 Å². The maximum atomic E-state index is 11.4. The summed E-state index contributed by atoms with van der Waals surface area (Å²) in [6.07, 6.45) is 0. The summed E-state index contributed by atoms with van der Waals surface area (Å²) in [4.78, 5) is 0. The summed E-state index contributed by atoms with van der Waals surface area (Å²) in [7, 11) is -2.94. The van der Waals surface area contributed by atoms with Crippen molar-refractivity contribution >= 4 is 15.5 Å². The maximum absolute atomic E-state index is 11.4. The first-order valence-electron chi connectivity index (χ1n) is 6.86. The van der Waals surface area contributed by atoms with Crippen molar-refractivity contribution in [3.8, 4) is 11.5 Å². The molecule has 0 atom stereocenters. The van der Waals surface area contributed by atoms with Gasteiger partial charge in [0.1, 0.15) is 11.5 Å². The predicted octanol–water partition coefficient (Wildman–Crippen LogP) is 3.33. The first kappa shape index (κ1) is 15.4. The molecule has 0 spiro atoms. The Labute approximate surface area is 125 Å². The molecule has 0 unspecified atom stereocenters. The van der Waals surface area contributed by atoms with Gasteiger partial charge in [-0.1, -0.05) is 31.2 Å². The van der Waals surface area contributed by atoms with Gasteiger partial charge >= 0.3 is 0 Å². The van der Waals surface area contributed by atoms with Crippen LogP contribution in [-0.2, 0) is 9.84 Å². The van der Waals surface area contributed by atoms with E-state index in [-0.39, 0.29) is 11.5 Å². The van der Waals surface area contributed by atoms with Crippen LogP contribution in [0.1, 0.15) is 6.92 Å². The Bertz CT molecular complexity index is 669. The summed E-state index contributed by atoms with van der Waals surface area (Å²) in [5.74, 6) is 1.78. The Morgan fingerprint density at radius 1 is 1.00 bits per heavy atom. The van der Waals surface area contributed by atoms with Crippen LogP contribution >= 0.6 is 0 Å². The molecule has 2 aromatic rings. The highest BCUT2D eigenvalue weighted by atomic mass is 32.2. The van der Waals surface area contributed by atoms with Gasteiger partial charge in [0.15, 0.2) is 9.84 Å². The fourth-order valence-electron chi connectivity index (χ4n) is 1.79. The molecule has 1 N–H and O–H groups in total. The summed E-state index contributed by atoms with van der Waals surface area (Å²) in [5.41, 5.74) is 0.842. The van der Waals surface area contributed by atoms with Crippen LogP contribution in [0.2, 0.25) is 0 Å². The number of hydrogen-bond donors (Lipinski definition) is 1. The molecule has 0 aliphatic rings. The summed E-state index contributed by atoms with van der Waals surface area (Å²) in [6.45, 7) is 2.05. The van der Waals surface area contributed by atoms with Gasteiger partial charge in [0.2, 0.25) is 0 Å². The molecule has 112 valence electrons. The van der Waals surface area contributed by atoms with Gasteiger partial charge in [-0.05, 0) is 24.3 Å². The van der Waals surface area contributed by atoms with E-state index in [4.69, 9.17) is 4.74 Å². The van der Waals surface area contributed by atoms with Crippen LogP contribution in [0, 0.1) is 0 Å². The third-order valence-electron chi connectivity index (χ3n) is 2.99. The lowest BCUT2D eigenvalue weighted by molar-refractivity contribution is 0.483. The van der Waals surface area contributed by atoms with Gasteiger partial charge in [0.25, 0.3) is 0 Å². The number of hydrogen-bond acceptors (Lipinski definition) is 4. The van der Waals surface area contributed by atoms with E-state index in [1.54, 1.807) is 6.92 Å². The molecule has 0 heterocycles. The number of nitrogens with one attached hydrogen (secondary N) is 1. The highest BCUT2D eigenvalue weighted by Gasteiger charge is 2.06. The lowest BCUT2D eigenvalue weighted by Crippen LogP contribution is -2.17. The first-order chi connectivity index (χ1) is 10.1. The van der Waals surface area contributed by atoms with E-state index < -0.39 is 9.84 Å². The summed E-state index contributed by atoms with van der Waals surface area (Å²) >= 11 is 0. The highest BCUT2D eigenvalue weighted by molar-refractivity contribution is 7.91. The third kappa shape index (κ3) is 5.11. The molecule has 0 fully saturated rings. The van der Waals surface area contributed by atoms with Crippen molar-refractivity contribution in [1.29, 1.82) is 0 Å². The van der Waals surface area contributed by atoms with Crippen LogP contribution in [0.3, 0.4) is 0 Å². The second-order valence-electron chi connectivity index (χ2n) is 4.61. The second kappa shape index (κ2) is 7.13. The Morgan fingerprint density at radius 3 is 2.43 bits per heavy atom. The Morgan fingerprint density at radius 2 is 1.71 bits per heavy atom. The zero-order valence-corrected chi connectivity index (χ0v) is 12.8. The molecule has 5 heteroatoms. The minimum Gasteiger partial charge on any atom is -0.457 e. The average molecular weight is 305 g/mol. The van der Waals surface area contributed by atoms with Crippen LogP contribution in [0.15, 0.2) is 54.6 Å². The molecular formula is C16H19NO3S. The van der Waals surface area contributed by atoms with Gasteiger partial charge in [0.05, 0.1) is 5.75 Å². The fourth-order valence-corrected chi connectivity index (χ4v) is 2.49. The molecule has 0 aliphatic carbocycles. The van der Waals surface area contributed by atoms with E-state index in [1.807, 2.05) is 54.6 Å². The van der Waals surface area contributed by atoms with E-state index in [9.17, 15) is 8.42 Å². The molecule has 4 nitrogen and oxygen atoms in total. The fraction of sp³-hybridized carbons (Fsp3) is 0.250. The van der Waals surface area contributed by atoms with Gasteiger partial charge < -0.3 is 10.1 Å². The molecule has 0 amide bonds. The second-order valence-corrected chi connectivity index (χ2v) is 7.08.